The first-order chi connectivity index (χ1) is 18.7. The van der Waals surface area contributed by atoms with Gasteiger partial charge < -0.3 is 25.0 Å². The van der Waals surface area contributed by atoms with Crippen LogP contribution in [0.15, 0.2) is 66.7 Å². The largest absolute Gasteiger partial charge is 0.481 e. The molecule has 1 saturated heterocycles. The predicted molar refractivity (Wildman–Crippen MR) is 150 cm³/mol. The van der Waals surface area contributed by atoms with Crippen molar-refractivity contribution in [3.8, 4) is 0 Å². The van der Waals surface area contributed by atoms with Crippen LogP contribution in [0.1, 0.15) is 74.2 Å². The molecule has 1 unspecified atom stereocenters. The SMILES string of the molecule is Cc1ccc(C(OC2CCN(CCCCCCCC(=O)O)CC2)c2ccccc2)cc1.O=C(O)C=CC(=O)O. The highest BCUT2D eigenvalue weighted by Crippen LogP contribution is 2.30. The van der Waals surface area contributed by atoms with E-state index in [1.165, 1.54) is 29.5 Å². The maximum atomic E-state index is 10.5. The summed E-state index contributed by atoms with van der Waals surface area (Å²) in [6, 6.07) is 19.3. The number of carboxylic acids is 3. The normalized spacial score (nSPS) is 14.9. The van der Waals surface area contributed by atoms with E-state index in [1.807, 2.05) is 0 Å². The summed E-state index contributed by atoms with van der Waals surface area (Å²) in [4.78, 5) is 32.2. The second-order valence-electron chi connectivity index (χ2n) is 9.80. The molecule has 1 fully saturated rings. The number of aryl methyl sites for hydroxylation is 1. The topological polar surface area (TPSA) is 124 Å². The Labute approximate surface area is 230 Å². The highest BCUT2D eigenvalue weighted by atomic mass is 16.5. The lowest BCUT2D eigenvalue weighted by Crippen LogP contribution is -2.38. The molecule has 1 heterocycles. The van der Waals surface area contributed by atoms with Crippen molar-refractivity contribution in [1.82, 2.24) is 4.90 Å². The second kappa shape index (κ2) is 17.9. The van der Waals surface area contributed by atoms with Crippen molar-refractivity contribution in [2.45, 2.75) is 70.5 Å². The Morgan fingerprint density at radius 1 is 0.821 bits per heavy atom. The molecular weight excluding hydrogens is 498 g/mol. The van der Waals surface area contributed by atoms with Crippen molar-refractivity contribution in [3.05, 3.63) is 83.4 Å². The third kappa shape index (κ3) is 13.7. The number of unbranched alkanes of at least 4 members (excludes halogenated alkanes) is 4. The Morgan fingerprint density at radius 2 is 1.36 bits per heavy atom. The van der Waals surface area contributed by atoms with E-state index >= 15 is 0 Å². The number of benzene rings is 2. The fourth-order valence-electron chi connectivity index (χ4n) is 4.46. The molecule has 1 aliphatic rings. The van der Waals surface area contributed by atoms with E-state index in [0.29, 0.717) is 24.7 Å². The number of likely N-dealkylation sites (tertiary alicyclic amines) is 1. The average molecular weight is 540 g/mol. The maximum absolute atomic E-state index is 10.5. The zero-order valence-electron chi connectivity index (χ0n) is 22.7. The van der Waals surface area contributed by atoms with Crippen molar-refractivity contribution < 1.29 is 34.4 Å². The van der Waals surface area contributed by atoms with Crippen molar-refractivity contribution in [2.75, 3.05) is 19.6 Å². The van der Waals surface area contributed by atoms with Crippen LogP contribution in [0.3, 0.4) is 0 Å². The number of carbonyl (C=O) groups is 3. The van der Waals surface area contributed by atoms with Crippen molar-refractivity contribution in [2.24, 2.45) is 0 Å². The first-order valence-corrected chi connectivity index (χ1v) is 13.6. The summed E-state index contributed by atoms with van der Waals surface area (Å²) in [5.74, 6) is -3.19. The Balaban J connectivity index is 0.000000580. The van der Waals surface area contributed by atoms with Gasteiger partial charge in [0.15, 0.2) is 0 Å². The zero-order valence-corrected chi connectivity index (χ0v) is 22.7. The van der Waals surface area contributed by atoms with Gasteiger partial charge in [-0.2, -0.15) is 0 Å². The molecule has 2 aromatic carbocycles. The number of hydrogen-bond donors (Lipinski definition) is 3. The molecule has 0 spiro atoms. The number of nitrogens with zero attached hydrogens (tertiary/aromatic N) is 1. The number of rotatable bonds is 14. The van der Waals surface area contributed by atoms with Crippen LogP contribution >= 0.6 is 0 Å². The third-order valence-corrected chi connectivity index (χ3v) is 6.58. The third-order valence-electron chi connectivity index (χ3n) is 6.58. The number of piperidine rings is 1. The molecule has 0 bridgehead atoms. The van der Waals surface area contributed by atoms with E-state index in [1.54, 1.807) is 0 Å². The monoisotopic (exact) mass is 539 g/mol. The van der Waals surface area contributed by atoms with Gasteiger partial charge in [0, 0.05) is 31.7 Å². The van der Waals surface area contributed by atoms with Gasteiger partial charge in [-0.1, -0.05) is 79.4 Å². The van der Waals surface area contributed by atoms with E-state index in [9.17, 15) is 14.4 Å². The smallest absolute Gasteiger partial charge is 0.328 e. The minimum absolute atomic E-state index is 0.0100. The van der Waals surface area contributed by atoms with Gasteiger partial charge in [-0.05, 0) is 50.3 Å². The molecule has 3 rings (SSSR count). The zero-order chi connectivity index (χ0) is 28.5. The molecule has 2 aromatic rings. The molecule has 0 amide bonds. The molecule has 3 N–H and O–H groups in total. The highest BCUT2D eigenvalue weighted by molar-refractivity contribution is 5.89. The quantitative estimate of drug-likeness (QED) is 0.206. The standard InChI is InChI=1S/C27H37NO3.C4H4O4/c1-22-13-15-24(16-14-22)27(23-10-6-5-7-11-23)31-25-17-20-28(21-18-25)19-9-4-2-3-8-12-26(29)30;5-3(6)1-2-4(7)8/h5-7,10-11,13-16,25,27H,2-4,8-9,12,17-21H2,1H3,(H,29,30);1-2H,(H,5,6)(H,7,8). The van der Waals surface area contributed by atoms with Crippen LogP contribution in [0.4, 0.5) is 0 Å². The van der Waals surface area contributed by atoms with Crippen LogP contribution in [0.5, 0.6) is 0 Å². The first kappa shape index (κ1) is 31.7. The van der Waals surface area contributed by atoms with E-state index in [4.69, 9.17) is 20.1 Å². The van der Waals surface area contributed by atoms with Gasteiger partial charge in [-0.3, -0.25) is 4.79 Å². The number of ether oxygens (including phenoxy) is 1. The van der Waals surface area contributed by atoms with Crippen LogP contribution in [0.2, 0.25) is 0 Å². The summed E-state index contributed by atoms with van der Waals surface area (Å²) in [5.41, 5.74) is 3.71. The second-order valence-corrected chi connectivity index (χ2v) is 9.80. The molecular formula is C31H41NO7. The summed E-state index contributed by atoms with van der Waals surface area (Å²) in [5, 5.41) is 24.3. The van der Waals surface area contributed by atoms with Crippen molar-refractivity contribution >= 4 is 17.9 Å². The lowest BCUT2D eigenvalue weighted by molar-refractivity contribution is -0.137. The Bertz CT molecular complexity index is 1010. The van der Waals surface area contributed by atoms with Crippen LogP contribution in [-0.4, -0.2) is 63.9 Å². The van der Waals surface area contributed by atoms with Crippen LogP contribution < -0.4 is 0 Å². The Kier molecular flexibility index (Phi) is 14.6. The molecule has 0 aromatic heterocycles. The summed E-state index contributed by atoms with van der Waals surface area (Å²) in [6.45, 7) is 5.46. The summed E-state index contributed by atoms with van der Waals surface area (Å²) in [7, 11) is 0. The van der Waals surface area contributed by atoms with Crippen LogP contribution in [-0.2, 0) is 19.1 Å². The van der Waals surface area contributed by atoms with Gasteiger partial charge in [-0.25, -0.2) is 9.59 Å². The molecule has 39 heavy (non-hydrogen) atoms. The molecule has 1 atom stereocenters. The van der Waals surface area contributed by atoms with Crippen molar-refractivity contribution in [1.29, 1.82) is 0 Å². The molecule has 212 valence electrons. The Hall–Kier alpha value is -3.49. The van der Waals surface area contributed by atoms with E-state index in [-0.39, 0.29) is 6.10 Å². The van der Waals surface area contributed by atoms with E-state index in [0.717, 1.165) is 51.7 Å². The van der Waals surface area contributed by atoms with Gasteiger partial charge in [0.2, 0.25) is 0 Å². The molecule has 0 saturated carbocycles. The molecule has 8 nitrogen and oxygen atoms in total. The lowest BCUT2D eigenvalue weighted by Gasteiger charge is -2.34. The summed E-state index contributed by atoms with van der Waals surface area (Å²) < 4.78 is 6.67. The molecule has 0 aliphatic carbocycles. The van der Waals surface area contributed by atoms with E-state index in [2.05, 4.69) is 66.4 Å². The first-order valence-electron chi connectivity index (χ1n) is 13.6. The minimum Gasteiger partial charge on any atom is -0.481 e. The molecule has 1 aliphatic heterocycles. The van der Waals surface area contributed by atoms with Crippen LogP contribution in [0.25, 0.3) is 0 Å². The highest BCUT2D eigenvalue weighted by Gasteiger charge is 2.24. The lowest BCUT2D eigenvalue weighted by atomic mass is 9.99. The van der Waals surface area contributed by atoms with Crippen molar-refractivity contribution in [3.63, 3.8) is 0 Å². The Morgan fingerprint density at radius 3 is 1.92 bits per heavy atom. The van der Waals surface area contributed by atoms with E-state index < -0.39 is 17.9 Å². The number of carboxylic acid groups (broad SMARTS) is 3. The van der Waals surface area contributed by atoms with Gasteiger partial charge in [0.05, 0.1) is 6.10 Å². The van der Waals surface area contributed by atoms with Crippen LogP contribution in [0, 0.1) is 6.92 Å². The fourth-order valence-corrected chi connectivity index (χ4v) is 4.46. The van der Waals surface area contributed by atoms with Gasteiger partial charge in [0.1, 0.15) is 6.10 Å². The summed E-state index contributed by atoms with van der Waals surface area (Å²) >= 11 is 0. The molecule has 8 heteroatoms. The fraction of sp³-hybridized carbons (Fsp3) is 0.452. The summed E-state index contributed by atoms with van der Waals surface area (Å²) in [6.07, 6.45) is 9.23. The number of hydrogen-bond acceptors (Lipinski definition) is 5. The molecule has 0 radical (unpaired) electrons. The minimum atomic E-state index is -1.26. The number of aliphatic carboxylic acids is 3. The predicted octanol–water partition coefficient (Wildman–Crippen LogP) is 5.70. The van der Waals surface area contributed by atoms with Gasteiger partial charge >= 0.3 is 17.9 Å². The van der Waals surface area contributed by atoms with Gasteiger partial charge in [-0.15, -0.1) is 0 Å². The average Bonchev–Trinajstić information content (AvgIpc) is 2.92. The maximum Gasteiger partial charge on any atom is 0.328 e. The van der Waals surface area contributed by atoms with Gasteiger partial charge in [0.25, 0.3) is 0 Å².